The highest BCUT2D eigenvalue weighted by molar-refractivity contribution is 7.98. The van der Waals surface area contributed by atoms with E-state index >= 15 is 0 Å². The maximum Gasteiger partial charge on any atom is 0.280 e. The molecule has 6 nitrogen and oxygen atoms in total. The third kappa shape index (κ3) is 3.03. The van der Waals surface area contributed by atoms with Crippen LogP contribution in [0.1, 0.15) is 5.56 Å². The molecule has 3 aromatic rings. The van der Waals surface area contributed by atoms with Crippen LogP contribution in [0.5, 0.6) is 11.5 Å². The summed E-state index contributed by atoms with van der Waals surface area (Å²) in [4.78, 5) is 17.0. The average Bonchev–Trinajstić information content (AvgIpc) is 2.63. The van der Waals surface area contributed by atoms with Crippen LogP contribution in [0.25, 0.3) is 10.9 Å². The van der Waals surface area contributed by atoms with Crippen LogP contribution >= 0.6 is 11.8 Å². The van der Waals surface area contributed by atoms with Crippen molar-refractivity contribution in [1.29, 1.82) is 0 Å². The summed E-state index contributed by atoms with van der Waals surface area (Å²) in [6.45, 7) is 0. The molecule has 1 aromatic heterocycles. The number of benzene rings is 2. The Morgan fingerprint density at radius 3 is 2.46 bits per heavy atom. The van der Waals surface area contributed by atoms with E-state index in [4.69, 9.17) is 15.3 Å². The number of ether oxygens (including phenoxy) is 2. The summed E-state index contributed by atoms with van der Waals surface area (Å²) in [7, 11) is 3.06. The second-order valence-electron chi connectivity index (χ2n) is 5.07. The first-order valence-electron chi connectivity index (χ1n) is 7.24. The van der Waals surface area contributed by atoms with Crippen molar-refractivity contribution in [3.8, 4) is 11.5 Å². The van der Waals surface area contributed by atoms with Crippen LogP contribution in [0, 0.1) is 0 Å². The predicted octanol–water partition coefficient (Wildman–Crippen LogP) is 2.42. The van der Waals surface area contributed by atoms with E-state index in [-0.39, 0.29) is 5.56 Å². The Morgan fingerprint density at radius 1 is 1.12 bits per heavy atom. The number of methoxy groups -OCH3 is 2. The first-order chi connectivity index (χ1) is 11.6. The molecule has 1 heterocycles. The summed E-state index contributed by atoms with van der Waals surface area (Å²) in [6.07, 6.45) is 0. The van der Waals surface area contributed by atoms with E-state index < -0.39 is 0 Å². The molecule has 0 saturated carbocycles. The largest absolute Gasteiger partial charge is 0.493 e. The smallest absolute Gasteiger partial charge is 0.280 e. The van der Waals surface area contributed by atoms with Gasteiger partial charge < -0.3 is 15.3 Å². The molecule has 2 aromatic carbocycles. The van der Waals surface area contributed by atoms with Gasteiger partial charge in [-0.1, -0.05) is 42.1 Å². The topological polar surface area (TPSA) is 79.4 Å². The van der Waals surface area contributed by atoms with Crippen molar-refractivity contribution in [2.75, 3.05) is 20.1 Å². The van der Waals surface area contributed by atoms with Crippen LogP contribution in [0.4, 0.5) is 0 Å². The number of aromatic nitrogens is 2. The number of nitrogens with zero attached hydrogens (tertiary/aromatic N) is 2. The van der Waals surface area contributed by atoms with Gasteiger partial charge in [0, 0.05) is 11.8 Å². The minimum absolute atomic E-state index is 0.323. The van der Waals surface area contributed by atoms with Crippen LogP contribution in [0.15, 0.2) is 52.4 Å². The third-order valence-electron chi connectivity index (χ3n) is 3.58. The molecule has 7 heteroatoms. The van der Waals surface area contributed by atoms with Crippen LogP contribution in [-0.2, 0) is 5.75 Å². The van der Waals surface area contributed by atoms with E-state index in [0.29, 0.717) is 33.3 Å². The fraction of sp³-hybridized carbons (Fsp3) is 0.176. The van der Waals surface area contributed by atoms with Gasteiger partial charge in [-0.25, -0.2) is 9.66 Å². The maximum absolute atomic E-state index is 12.5. The monoisotopic (exact) mass is 343 g/mol. The van der Waals surface area contributed by atoms with Crippen molar-refractivity contribution >= 4 is 22.7 Å². The standard InChI is InChI=1S/C17H17N3O3S/c1-22-14-8-12-13(9-15(14)23-2)19-17(20(18)16(12)21)24-10-11-6-4-3-5-7-11/h3-9H,10,18H2,1-2H3. The van der Waals surface area contributed by atoms with Gasteiger partial charge in [0.1, 0.15) is 0 Å². The summed E-state index contributed by atoms with van der Waals surface area (Å²) in [6, 6.07) is 13.2. The quantitative estimate of drug-likeness (QED) is 0.435. The van der Waals surface area contributed by atoms with Gasteiger partial charge in [0.05, 0.1) is 25.1 Å². The number of fused-ring (bicyclic) bond motifs is 1. The molecule has 0 fully saturated rings. The van der Waals surface area contributed by atoms with Crippen LogP contribution in [-0.4, -0.2) is 23.9 Å². The Bertz CT molecular complexity index is 926. The van der Waals surface area contributed by atoms with Crippen LogP contribution in [0.3, 0.4) is 0 Å². The predicted molar refractivity (Wildman–Crippen MR) is 95.3 cm³/mol. The minimum Gasteiger partial charge on any atom is -0.493 e. The van der Waals surface area contributed by atoms with Gasteiger partial charge in [0.25, 0.3) is 5.56 Å². The second-order valence-corrected chi connectivity index (χ2v) is 6.01. The highest BCUT2D eigenvalue weighted by Crippen LogP contribution is 2.31. The Hall–Kier alpha value is -2.67. The molecule has 0 bridgehead atoms. The molecule has 0 unspecified atom stereocenters. The van der Waals surface area contributed by atoms with Gasteiger partial charge in [-0.3, -0.25) is 4.79 Å². The highest BCUT2D eigenvalue weighted by atomic mass is 32.2. The van der Waals surface area contributed by atoms with Gasteiger partial charge in [-0.2, -0.15) is 0 Å². The van der Waals surface area contributed by atoms with E-state index in [0.717, 1.165) is 10.2 Å². The number of hydrogen-bond acceptors (Lipinski definition) is 6. The number of nitrogens with two attached hydrogens (primary N) is 1. The molecule has 2 N–H and O–H groups in total. The molecule has 3 rings (SSSR count). The number of thioether (sulfide) groups is 1. The Labute approximate surface area is 143 Å². The lowest BCUT2D eigenvalue weighted by molar-refractivity contribution is 0.355. The second kappa shape index (κ2) is 6.84. The molecule has 0 aliphatic rings. The summed E-state index contributed by atoms with van der Waals surface area (Å²) >= 11 is 1.41. The Balaban J connectivity index is 2.03. The van der Waals surface area contributed by atoms with Gasteiger partial charge in [0.15, 0.2) is 16.7 Å². The lowest BCUT2D eigenvalue weighted by Crippen LogP contribution is -2.29. The zero-order valence-corrected chi connectivity index (χ0v) is 14.2. The van der Waals surface area contributed by atoms with Gasteiger partial charge in [0.2, 0.25) is 0 Å². The van der Waals surface area contributed by atoms with Crippen molar-refractivity contribution in [1.82, 2.24) is 9.66 Å². The number of rotatable bonds is 5. The van der Waals surface area contributed by atoms with E-state index in [2.05, 4.69) is 4.98 Å². The number of hydrogen-bond donors (Lipinski definition) is 1. The fourth-order valence-electron chi connectivity index (χ4n) is 2.33. The zero-order chi connectivity index (χ0) is 17.1. The van der Waals surface area contributed by atoms with E-state index in [1.165, 1.54) is 18.9 Å². The lowest BCUT2D eigenvalue weighted by atomic mass is 10.2. The Kier molecular flexibility index (Phi) is 4.61. The van der Waals surface area contributed by atoms with Gasteiger partial charge in [-0.15, -0.1) is 0 Å². The highest BCUT2D eigenvalue weighted by Gasteiger charge is 2.14. The molecule has 0 atom stereocenters. The molecular formula is C17H17N3O3S. The first-order valence-corrected chi connectivity index (χ1v) is 8.23. The van der Waals surface area contributed by atoms with Crippen molar-refractivity contribution < 1.29 is 9.47 Å². The number of nitrogen functional groups attached to an aromatic ring is 1. The molecule has 0 aliphatic carbocycles. The SMILES string of the molecule is COc1cc2nc(SCc3ccccc3)n(N)c(=O)c2cc1OC. The zero-order valence-electron chi connectivity index (χ0n) is 13.4. The summed E-state index contributed by atoms with van der Waals surface area (Å²) in [5.74, 6) is 7.58. The lowest BCUT2D eigenvalue weighted by Gasteiger charge is -2.11. The maximum atomic E-state index is 12.5. The van der Waals surface area contributed by atoms with Crippen molar-refractivity contribution in [3.63, 3.8) is 0 Å². The summed E-state index contributed by atoms with van der Waals surface area (Å²) in [5.41, 5.74) is 1.33. The van der Waals surface area contributed by atoms with E-state index in [1.807, 2.05) is 30.3 Å². The molecule has 0 aliphatic heterocycles. The molecule has 124 valence electrons. The minimum atomic E-state index is -0.323. The van der Waals surface area contributed by atoms with Crippen molar-refractivity contribution in [3.05, 3.63) is 58.4 Å². The van der Waals surface area contributed by atoms with E-state index in [9.17, 15) is 4.79 Å². The van der Waals surface area contributed by atoms with Crippen LogP contribution < -0.4 is 20.9 Å². The normalized spacial score (nSPS) is 10.8. The molecular weight excluding hydrogens is 326 g/mol. The molecule has 0 saturated heterocycles. The van der Waals surface area contributed by atoms with Gasteiger partial charge >= 0.3 is 0 Å². The van der Waals surface area contributed by atoms with Crippen molar-refractivity contribution in [2.24, 2.45) is 0 Å². The third-order valence-corrected chi connectivity index (χ3v) is 4.61. The molecule has 0 amide bonds. The summed E-state index contributed by atoms with van der Waals surface area (Å²) in [5, 5.41) is 0.836. The average molecular weight is 343 g/mol. The van der Waals surface area contributed by atoms with Crippen molar-refractivity contribution in [2.45, 2.75) is 10.9 Å². The molecule has 24 heavy (non-hydrogen) atoms. The molecule has 0 spiro atoms. The summed E-state index contributed by atoms with van der Waals surface area (Å²) < 4.78 is 11.6. The van der Waals surface area contributed by atoms with Gasteiger partial charge in [-0.05, 0) is 11.6 Å². The fourth-order valence-corrected chi connectivity index (χ4v) is 3.20. The Morgan fingerprint density at radius 2 is 1.79 bits per heavy atom. The molecule has 0 radical (unpaired) electrons. The first kappa shape index (κ1) is 16.2. The van der Waals surface area contributed by atoms with E-state index in [1.54, 1.807) is 19.2 Å². The van der Waals surface area contributed by atoms with Crippen LogP contribution in [0.2, 0.25) is 0 Å².